The van der Waals surface area contributed by atoms with E-state index in [1.165, 1.54) is 24.8 Å². The number of phenols is 1. The molecule has 0 atom stereocenters. The molecule has 2 N–H and O–H groups in total. The number of aromatic hydroxyl groups is 1. The maximum atomic E-state index is 12.2. The highest BCUT2D eigenvalue weighted by molar-refractivity contribution is 5.97. The molecule has 0 saturated heterocycles. The summed E-state index contributed by atoms with van der Waals surface area (Å²) in [5.74, 6) is -0.186. The van der Waals surface area contributed by atoms with Gasteiger partial charge >= 0.3 is 0 Å². The number of hydrogen-bond donors (Lipinski definition) is 2. The van der Waals surface area contributed by atoms with Crippen molar-refractivity contribution in [1.82, 2.24) is 9.99 Å². The third kappa shape index (κ3) is 3.91. The normalized spacial score (nSPS) is 11.0. The van der Waals surface area contributed by atoms with Crippen LogP contribution in [0.1, 0.15) is 32.9 Å². The van der Waals surface area contributed by atoms with Crippen LogP contribution in [-0.2, 0) is 0 Å². The summed E-state index contributed by atoms with van der Waals surface area (Å²) >= 11 is 0. The molecule has 3 aromatic rings. The van der Waals surface area contributed by atoms with Crippen LogP contribution in [0, 0.1) is 20.8 Å². The lowest BCUT2D eigenvalue weighted by Crippen LogP contribution is -2.17. The number of amides is 1. The number of hydrazone groups is 1. The molecule has 0 aliphatic carbocycles. The first-order valence-corrected chi connectivity index (χ1v) is 8.87. The van der Waals surface area contributed by atoms with Crippen LogP contribution in [0.2, 0.25) is 0 Å². The number of nitrogens with one attached hydrogen (secondary N) is 1. The molecule has 0 saturated carbocycles. The Morgan fingerprint density at radius 3 is 2.46 bits per heavy atom. The smallest absolute Gasteiger partial charge is 0.275 e. The molecule has 0 aliphatic heterocycles. The summed E-state index contributed by atoms with van der Waals surface area (Å²) in [5.41, 5.74) is 7.85. The summed E-state index contributed by atoms with van der Waals surface area (Å²) in [5, 5.41) is 14.0. The molecular formula is C22H23N3O3. The van der Waals surface area contributed by atoms with Crippen molar-refractivity contribution in [3.8, 4) is 17.2 Å². The molecule has 28 heavy (non-hydrogen) atoms. The van der Waals surface area contributed by atoms with Crippen molar-refractivity contribution in [1.29, 1.82) is 0 Å². The van der Waals surface area contributed by atoms with E-state index < -0.39 is 5.91 Å². The van der Waals surface area contributed by atoms with Gasteiger partial charge in [-0.2, -0.15) is 5.10 Å². The van der Waals surface area contributed by atoms with Gasteiger partial charge in [0.1, 0.15) is 11.5 Å². The van der Waals surface area contributed by atoms with Gasteiger partial charge in [0.2, 0.25) is 0 Å². The van der Waals surface area contributed by atoms with Crippen molar-refractivity contribution in [2.75, 3.05) is 7.11 Å². The third-order valence-electron chi connectivity index (χ3n) is 4.58. The molecule has 0 unspecified atom stereocenters. The number of ether oxygens (including phenoxy) is 1. The van der Waals surface area contributed by atoms with Crippen molar-refractivity contribution in [3.63, 3.8) is 0 Å². The van der Waals surface area contributed by atoms with E-state index in [1.807, 2.05) is 19.9 Å². The van der Waals surface area contributed by atoms with Gasteiger partial charge in [-0.05, 0) is 51.1 Å². The molecule has 1 amide bonds. The van der Waals surface area contributed by atoms with Gasteiger partial charge in [0.15, 0.2) is 0 Å². The van der Waals surface area contributed by atoms with E-state index in [0.717, 1.165) is 22.6 Å². The third-order valence-corrected chi connectivity index (χ3v) is 4.58. The SMILES string of the molecule is COc1ccc(C(=O)N/N=C\c2cc(C)n(-c3ccc(C)cc3)c2C)c(O)c1. The predicted octanol–water partition coefficient (Wildman–Crippen LogP) is 3.88. The first kappa shape index (κ1) is 19.2. The van der Waals surface area contributed by atoms with Crippen LogP contribution in [0.3, 0.4) is 0 Å². The Hall–Kier alpha value is -3.54. The molecule has 1 heterocycles. The maximum Gasteiger partial charge on any atom is 0.275 e. The lowest BCUT2D eigenvalue weighted by atomic mass is 10.2. The summed E-state index contributed by atoms with van der Waals surface area (Å²) in [6.07, 6.45) is 1.60. The average Bonchev–Trinajstić information content (AvgIpc) is 2.96. The molecule has 6 nitrogen and oxygen atoms in total. The van der Waals surface area contributed by atoms with Crippen molar-refractivity contribution >= 4 is 12.1 Å². The van der Waals surface area contributed by atoms with Gasteiger partial charge in [-0.25, -0.2) is 5.43 Å². The molecule has 6 heteroatoms. The Kier molecular flexibility index (Phi) is 5.49. The minimum atomic E-state index is -0.497. The first-order chi connectivity index (χ1) is 13.4. The van der Waals surface area contributed by atoms with Gasteiger partial charge in [0.05, 0.1) is 18.9 Å². The second-order valence-electron chi connectivity index (χ2n) is 6.58. The highest BCUT2D eigenvalue weighted by atomic mass is 16.5. The van der Waals surface area contributed by atoms with E-state index in [1.54, 1.807) is 12.3 Å². The molecule has 0 aliphatic rings. The van der Waals surface area contributed by atoms with Gasteiger partial charge in [-0.3, -0.25) is 4.79 Å². The van der Waals surface area contributed by atoms with Crippen LogP contribution in [-0.4, -0.2) is 28.9 Å². The Labute approximate surface area is 164 Å². The largest absolute Gasteiger partial charge is 0.507 e. The second-order valence-corrected chi connectivity index (χ2v) is 6.58. The number of nitrogens with zero attached hydrogens (tertiary/aromatic N) is 2. The Morgan fingerprint density at radius 2 is 1.82 bits per heavy atom. The number of benzene rings is 2. The van der Waals surface area contributed by atoms with E-state index in [4.69, 9.17) is 4.74 Å². The minimum absolute atomic E-state index is 0.128. The van der Waals surface area contributed by atoms with E-state index in [0.29, 0.717) is 5.75 Å². The van der Waals surface area contributed by atoms with Crippen molar-refractivity contribution < 1.29 is 14.6 Å². The van der Waals surface area contributed by atoms with E-state index in [2.05, 4.69) is 46.3 Å². The van der Waals surface area contributed by atoms with Crippen LogP contribution < -0.4 is 10.2 Å². The molecule has 0 radical (unpaired) electrons. The van der Waals surface area contributed by atoms with Gasteiger partial charge < -0.3 is 14.4 Å². The van der Waals surface area contributed by atoms with Crippen LogP contribution in [0.15, 0.2) is 53.6 Å². The minimum Gasteiger partial charge on any atom is -0.507 e. The summed E-state index contributed by atoms with van der Waals surface area (Å²) in [6, 6.07) is 14.8. The average molecular weight is 377 g/mol. The molecule has 1 aromatic heterocycles. The van der Waals surface area contributed by atoms with Gasteiger partial charge in [0, 0.05) is 28.7 Å². The fraction of sp³-hybridized carbons (Fsp3) is 0.182. The van der Waals surface area contributed by atoms with Gasteiger partial charge in [0.25, 0.3) is 5.91 Å². The monoisotopic (exact) mass is 377 g/mol. The maximum absolute atomic E-state index is 12.2. The molecule has 144 valence electrons. The Morgan fingerprint density at radius 1 is 1.11 bits per heavy atom. The fourth-order valence-corrected chi connectivity index (χ4v) is 3.06. The summed E-state index contributed by atoms with van der Waals surface area (Å²) < 4.78 is 7.15. The van der Waals surface area contributed by atoms with Crippen LogP contribution in [0.25, 0.3) is 5.69 Å². The summed E-state index contributed by atoms with van der Waals surface area (Å²) in [7, 11) is 1.49. The van der Waals surface area contributed by atoms with Gasteiger partial charge in [-0.1, -0.05) is 17.7 Å². The van der Waals surface area contributed by atoms with E-state index in [-0.39, 0.29) is 11.3 Å². The number of carbonyl (C=O) groups is 1. The summed E-state index contributed by atoms with van der Waals surface area (Å²) in [4.78, 5) is 12.2. The molecule has 0 bridgehead atoms. The molecule has 0 spiro atoms. The number of aromatic nitrogens is 1. The van der Waals surface area contributed by atoms with Crippen LogP contribution in [0.4, 0.5) is 0 Å². The van der Waals surface area contributed by atoms with Crippen LogP contribution in [0.5, 0.6) is 11.5 Å². The van der Waals surface area contributed by atoms with Crippen molar-refractivity contribution in [2.24, 2.45) is 5.10 Å². The topological polar surface area (TPSA) is 75.8 Å². The number of aryl methyl sites for hydroxylation is 2. The number of methoxy groups -OCH3 is 1. The predicted molar refractivity (Wildman–Crippen MR) is 110 cm³/mol. The molecule has 3 rings (SSSR count). The highest BCUT2D eigenvalue weighted by Crippen LogP contribution is 2.23. The molecular weight excluding hydrogens is 354 g/mol. The number of rotatable bonds is 5. The van der Waals surface area contributed by atoms with Crippen molar-refractivity contribution in [3.05, 3.63) is 76.6 Å². The first-order valence-electron chi connectivity index (χ1n) is 8.87. The standard InChI is InChI=1S/C22H23N3O3/c1-14-5-7-18(8-6-14)25-15(2)11-17(16(25)3)13-23-24-22(27)20-10-9-19(28-4)12-21(20)26/h5-13,26H,1-4H3,(H,24,27)/b23-13-. The Bertz CT molecular complexity index is 1030. The van der Waals surface area contributed by atoms with E-state index in [9.17, 15) is 9.90 Å². The van der Waals surface area contributed by atoms with E-state index >= 15 is 0 Å². The number of phenolic OH excluding ortho intramolecular Hbond substituents is 1. The zero-order valence-corrected chi connectivity index (χ0v) is 16.4. The van der Waals surface area contributed by atoms with Crippen molar-refractivity contribution in [2.45, 2.75) is 20.8 Å². The zero-order chi connectivity index (χ0) is 20.3. The number of carbonyl (C=O) groups excluding carboxylic acids is 1. The van der Waals surface area contributed by atoms with Gasteiger partial charge in [-0.15, -0.1) is 0 Å². The highest BCUT2D eigenvalue weighted by Gasteiger charge is 2.12. The van der Waals surface area contributed by atoms with Crippen LogP contribution >= 0.6 is 0 Å². The quantitative estimate of drug-likeness (QED) is 0.523. The number of hydrogen-bond acceptors (Lipinski definition) is 4. The lowest BCUT2D eigenvalue weighted by Gasteiger charge is -2.09. The second kappa shape index (κ2) is 8.00. The molecule has 0 fully saturated rings. The molecule has 2 aromatic carbocycles. The lowest BCUT2D eigenvalue weighted by molar-refractivity contribution is 0.0952. The Balaban J connectivity index is 1.77. The fourth-order valence-electron chi connectivity index (χ4n) is 3.06. The summed E-state index contributed by atoms with van der Waals surface area (Å²) in [6.45, 7) is 6.09. The zero-order valence-electron chi connectivity index (χ0n) is 16.4.